The molecular formula is C14H17NO6. The maximum Gasteiger partial charge on any atom is 0.328 e. The summed E-state index contributed by atoms with van der Waals surface area (Å²) >= 11 is 0. The maximum absolute atomic E-state index is 12.2. The van der Waals surface area contributed by atoms with Crippen molar-refractivity contribution in [3.05, 3.63) is 17.7 Å². The van der Waals surface area contributed by atoms with Crippen LogP contribution in [0.2, 0.25) is 0 Å². The zero-order valence-electron chi connectivity index (χ0n) is 12.1. The molecule has 114 valence electrons. The highest BCUT2D eigenvalue weighted by atomic mass is 16.5. The summed E-state index contributed by atoms with van der Waals surface area (Å²) in [6, 6.07) is 2.44. The van der Waals surface area contributed by atoms with Crippen molar-refractivity contribution in [3.8, 4) is 17.2 Å². The van der Waals surface area contributed by atoms with Crippen LogP contribution in [0.15, 0.2) is 12.1 Å². The molecule has 1 aliphatic rings. The predicted octanol–water partition coefficient (Wildman–Crippen LogP) is 0.758. The van der Waals surface area contributed by atoms with Crippen LogP contribution in [0, 0.1) is 0 Å². The van der Waals surface area contributed by atoms with Crippen LogP contribution in [0.5, 0.6) is 17.2 Å². The van der Waals surface area contributed by atoms with Crippen molar-refractivity contribution in [3.63, 3.8) is 0 Å². The number of amides is 1. The number of carbonyl (C=O) groups is 2. The van der Waals surface area contributed by atoms with Crippen molar-refractivity contribution in [2.45, 2.75) is 12.5 Å². The zero-order chi connectivity index (χ0) is 15.4. The number of carbonyl (C=O) groups excluding carboxylic acids is 2. The van der Waals surface area contributed by atoms with Crippen LogP contribution in [0.1, 0.15) is 16.8 Å². The molecule has 1 saturated heterocycles. The SMILES string of the molecule is COc1cc(C(=O)N[C@H]2CCOC2=O)cc(OC)c1OC. The fourth-order valence-corrected chi connectivity index (χ4v) is 2.08. The fraction of sp³-hybridized carbons (Fsp3) is 0.429. The normalized spacial score (nSPS) is 17.1. The van der Waals surface area contributed by atoms with Crippen LogP contribution in [-0.4, -0.2) is 45.9 Å². The van der Waals surface area contributed by atoms with E-state index >= 15 is 0 Å². The van der Waals surface area contributed by atoms with E-state index in [0.29, 0.717) is 35.8 Å². The van der Waals surface area contributed by atoms with Gasteiger partial charge in [-0.15, -0.1) is 0 Å². The van der Waals surface area contributed by atoms with E-state index in [4.69, 9.17) is 18.9 Å². The molecule has 1 aromatic rings. The van der Waals surface area contributed by atoms with Gasteiger partial charge in [-0.05, 0) is 12.1 Å². The quantitative estimate of drug-likeness (QED) is 0.807. The van der Waals surface area contributed by atoms with Gasteiger partial charge in [-0.3, -0.25) is 4.79 Å². The molecule has 1 fully saturated rings. The van der Waals surface area contributed by atoms with Crippen molar-refractivity contribution in [1.29, 1.82) is 0 Å². The van der Waals surface area contributed by atoms with Gasteiger partial charge >= 0.3 is 5.97 Å². The third kappa shape index (κ3) is 3.01. The summed E-state index contributed by atoms with van der Waals surface area (Å²) < 4.78 is 20.4. The lowest BCUT2D eigenvalue weighted by atomic mass is 10.1. The Morgan fingerprint density at radius 2 is 1.81 bits per heavy atom. The van der Waals surface area contributed by atoms with E-state index in [2.05, 4.69) is 5.32 Å². The summed E-state index contributed by atoms with van der Waals surface area (Å²) in [5, 5.41) is 2.62. The van der Waals surface area contributed by atoms with Gasteiger partial charge in [0.1, 0.15) is 6.04 Å². The highest BCUT2D eigenvalue weighted by Gasteiger charge is 2.29. The van der Waals surface area contributed by atoms with E-state index in [0.717, 1.165) is 0 Å². The Morgan fingerprint density at radius 3 is 2.24 bits per heavy atom. The first kappa shape index (κ1) is 15.0. The van der Waals surface area contributed by atoms with Gasteiger partial charge in [0.05, 0.1) is 27.9 Å². The molecule has 0 aromatic heterocycles. The molecule has 1 atom stereocenters. The average molecular weight is 295 g/mol. The van der Waals surface area contributed by atoms with E-state index in [-0.39, 0.29) is 0 Å². The van der Waals surface area contributed by atoms with E-state index in [1.165, 1.54) is 33.5 Å². The number of methoxy groups -OCH3 is 3. The first-order valence-corrected chi connectivity index (χ1v) is 6.38. The minimum atomic E-state index is -0.614. The number of cyclic esters (lactones) is 1. The highest BCUT2D eigenvalue weighted by molar-refractivity contribution is 5.98. The second-order valence-corrected chi connectivity index (χ2v) is 4.40. The summed E-state index contributed by atoms with van der Waals surface area (Å²) in [7, 11) is 4.41. The Hall–Kier alpha value is -2.44. The third-order valence-electron chi connectivity index (χ3n) is 3.17. The molecule has 21 heavy (non-hydrogen) atoms. The van der Waals surface area contributed by atoms with E-state index < -0.39 is 17.9 Å². The molecule has 0 bridgehead atoms. The Balaban J connectivity index is 2.26. The molecule has 0 saturated carbocycles. The summed E-state index contributed by atoms with van der Waals surface area (Å²) in [4.78, 5) is 23.6. The Bertz CT molecular complexity index is 531. The molecule has 1 amide bonds. The topological polar surface area (TPSA) is 83.1 Å². The number of hydrogen-bond donors (Lipinski definition) is 1. The second kappa shape index (κ2) is 6.34. The smallest absolute Gasteiger partial charge is 0.328 e. The number of ether oxygens (including phenoxy) is 4. The Morgan fingerprint density at radius 1 is 1.19 bits per heavy atom. The molecule has 2 rings (SSSR count). The standard InChI is InChI=1S/C14H17NO6/c1-18-10-6-8(7-11(19-2)12(10)20-3)13(16)15-9-4-5-21-14(9)17/h6-7,9H,4-5H2,1-3H3,(H,15,16)/t9-/m0/s1. The molecule has 0 spiro atoms. The molecule has 7 heteroatoms. The van der Waals surface area contributed by atoms with Gasteiger partial charge in [-0.1, -0.05) is 0 Å². The van der Waals surface area contributed by atoms with Crippen molar-refractivity contribution in [2.75, 3.05) is 27.9 Å². The summed E-state index contributed by atoms with van der Waals surface area (Å²) in [6.07, 6.45) is 0.467. The first-order chi connectivity index (χ1) is 10.1. The average Bonchev–Trinajstić information content (AvgIpc) is 2.90. The van der Waals surface area contributed by atoms with E-state index in [1.807, 2.05) is 0 Å². The summed E-state index contributed by atoms with van der Waals surface area (Å²) in [5.74, 6) is 0.317. The fourth-order valence-electron chi connectivity index (χ4n) is 2.08. The lowest BCUT2D eigenvalue weighted by Crippen LogP contribution is -2.37. The number of benzene rings is 1. The van der Waals surface area contributed by atoms with Crippen LogP contribution in [0.3, 0.4) is 0 Å². The lowest BCUT2D eigenvalue weighted by molar-refractivity contribution is -0.139. The predicted molar refractivity (Wildman–Crippen MR) is 72.9 cm³/mol. The molecule has 0 radical (unpaired) electrons. The van der Waals surface area contributed by atoms with Gasteiger partial charge in [-0.2, -0.15) is 0 Å². The lowest BCUT2D eigenvalue weighted by Gasteiger charge is -2.15. The van der Waals surface area contributed by atoms with Gasteiger partial charge < -0.3 is 24.3 Å². The number of esters is 1. The summed E-state index contributed by atoms with van der Waals surface area (Å²) in [6.45, 7) is 0.318. The van der Waals surface area contributed by atoms with Crippen LogP contribution in [-0.2, 0) is 9.53 Å². The minimum absolute atomic E-state index is 0.309. The monoisotopic (exact) mass is 295 g/mol. The molecule has 1 aliphatic heterocycles. The minimum Gasteiger partial charge on any atom is -0.493 e. The molecule has 1 N–H and O–H groups in total. The molecule has 7 nitrogen and oxygen atoms in total. The van der Waals surface area contributed by atoms with Gasteiger partial charge in [0.15, 0.2) is 11.5 Å². The Labute approximate surface area is 122 Å². The molecular weight excluding hydrogens is 278 g/mol. The van der Waals surface area contributed by atoms with Gasteiger partial charge in [0.25, 0.3) is 5.91 Å². The first-order valence-electron chi connectivity index (χ1n) is 6.38. The number of rotatable bonds is 5. The third-order valence-corrected chi connectivity index (χ3v) is 3.17. The summed E-state index contributed by atoms with van der Waals surface area (Å²) in [5.41, 5.74) is 0.309. The van der Waals surface area contributed by atoms with Crippen LogP contribution in [0.4, 0.5) is 0 Å². The van der Waals surface area contributed by atoms with Crippen LogP contribution >= 0.6 is 0 Å². The molecule has 0 aliphatic carbocycles. The van der Waals surface area contributed by atoms with Gasteiger partial charge in [0, 0.05) is 12.0 Å². The van der Waals surface area contributed by atoms with E-state index in [9.17, 15) is 9.59 Å². The molecule has 0 unspecified atom stereocenters. The van der Waals surface area contributed by atoms with Crippen LogP contribution in [0.25, 0.3) is 0 Å². The Kier molecular flexibility index (Phi) is 4.52. The van der Waals surface area contributed by atoms with Crippen LogP contribution < -0.4 is 19.5 Å². The number of nitrogens with one attached hydrogen (secondary N) is 1. The largest absolute Gasteiger partial charge is 0.493 e. The van der Waals surface area contributed by atoms with Crippen molar-refractivity contribution < 1.29 is 28.5 Å². The van der Waals surface area contributed by atoms with E-state index in [1.54, 1.807) is 0 Å². The van der Waals surface area contributed by atoms with Crippen molar-refractivity contribution >= 4 is 11.9 Å². The number of hydrogen-bond acceptors (Lipinski definition) is 6. The van der Waals surface area contributed by atoms with Gasteiger partial charge in [0.2, 0.25) is 5.75 Å². The van der Waals surface area contributed by atoms with Gasteiger partial charge in [-0.25, -0.2) is 4.79 Å². The highest BCUT2D eigenvalue weighted by Crippen LogP contribution is 2.38. The second-order valence-electron chi connectivity index (χ2n) is 4.40. The molecule has 1 heterocycles. The molecule has 1 aromatic carbocycles. The van der Waals surface area contributed by atoms with Crippen molar-refractivity contribution in [2.24, 2.45) is 0 Å². The zero-order valence-corrected chi connectivity index (χ0v) is 12.1. The maximum atomic E-state index is 12.2. The van der Waals surface area contributed by atoms with Crippen molar-refractivity contribution in [1.82, 2.24) is 5.32 Å².